The normalized spacial score (nSPS) is 15.4. The van der Waals surface area contributed by atoms with Crippen LogP contribution in [-0.4, -0.2) is 50.0 Å². The van der Waals surface area contributed by atoms with Gasteiger partial charge in [0.05, 0.1) is 36.5 Å². The van der Waals surface area contributed by atoms with Crippen molar-refractivity contribution >= 4 is 48.9 Å². The van der Waals surface area contributed by atoms with E-state index in [0.717, 1.165) is 20.1 Å². The molecule has 1 aliphatic heterocycles. The Hall–Kier alpha value is -2.05. The number of sulfonamides is 1. The molecule has 0 aliphatic carbocycles. The van der Waals surface area contributed by atoms with Gasteiger partial charge in [0.25, 0.3) is 10.0 Å². The van der Waals surface area contributed by atoms with E-state index in [4.69, 9.17) is 4.74 Å². The van der Waals surface area contributed by atoms with Crippen LogP contribution in [0.4, 0.5) is 4.79 Å². The summed E-state index contributed by atoms with van der Waals surface area (Å²) in [6.45, 7) is 2.15. The van der Waals surface area contributed by atoms with Crippen molar-refractivity contribution in [3.63, 3.8) is 0 Å². The molecule has 8 nitrogen and oxygen atoms in total. The smallest absolute Gasteiger partial charge is 0.315 e. The molecule has 0 bridgehead atoms. The van der Waals surface area contributed by atoms with Gasteiger partial charge in [-0.25, -0.2) is 18.2 Å². The summed E-state index contributed by atoms with van der Waals surface area (Å²) in [4.78, 5) is 17.3. The number of morpholine rings is 1. The highest BCUT2D eigenvalue weighted by Gasteiger charge is 2.27. The first-order valence-corrected chi connectivity index (χ1v) is 12.1. The third kappa shape index (κ3) is 4.75. The van der Waals surface area contributed by atoms with Gasteiger partial charge in [0, 0.05) is 18.0 Å². The van der Waals surface area contributed by atoms with Crippen LogP contribution in [0.15, 0.2) is 40.6 Å². The molecule has 3 aromatic rings. The van der Waals surface area contributed by atoms with Crippen LogP contribution >= 0.6 is 22.7 Å². The molecule has 0 atom stereocenters. The van der Waals surface area contributed by atoms with Crippen LogP contribution in [0.1, 0.15) is 9.88 Å². The van der Waals surface area contributed by atoms with E-state index in [-0.39, 0.29) is 16.8 Å². The molecule has 0 unspecified atom stereocenters. The van der Waals surface area contributed by atoms with Gasteiger partial charge in [-0.2, -0.15) is 4.31 Å². The van der Waals surface area contributed by atoms with Gasteiger partial charge >= 0.3 is 6.03 Å². The maximum Gasteiger partial charge on any atom is 0.315 e. The molecular formula is C18H20N4O4S3. The van der Waals surface area contributed by atoms with Crippen molar-refractivity contribution in [1.82, 2.24) is 19.9 Å². The fourth-order valence-corrected chi connectivity index (χ4v) is 6.65. The highest BCUT2D eigenvalue weighted by atomic mass is 32.2. The second kappa shape index (κ2) is 8.76. The summed E-state index contributed by atoms with van der Waals surface area (Å²) >= 11 is 2.71. The number of nitrogens with zero attached hydrogens (tertiary/aromatic N) is 2. The Balaban J connectivity index is 1.29. The first kappa shape index (κ1) is 20.2. The minimum absolute atomic E-state index is 0.259. The van der Waals surface area contributed by atoms with E-state index in [0.29, 0.717) is 32.8 Å². The average molecular weight is 453 g/mol. The molecule has 1 fully saturated rings. The lowest BCUT2D eigenvalue weighted by Crippen LogP contribution is -2.40. The monoisotopic (exact) mass is 452 g/mol. The number of nitrogens with one attached hydrogen (secondary N) is 2. The van der Waals surface area contributed by atoms with E-state index >= 15 is 0 Å². The molecule has 2 N–H and O–H groups in total. The highest BCUT2D eigenvalue weighted by Crippen LogP contribution is 2.25. The number of amides is 2. The standard InChI is InChI=1S/C18H20N4O4S3/c23-18(20-12-16-21-14-3-1-2-4-15(14)28-16)19-11-13-5-6-17(27-13)29(24,25)22-7-9-26-10-8-22/h1-6H,7-12H2,(H2,19,20,23). The fourth-order valence-electron chi connectivity index (χ4n) is 2.89. The van der Waals surface area contributed by atoms with Crippen molar-refractivity contribution in [3.05, 3.63) is 46.3 Å². The molecular weight excluding hydrogens is 432 g/mol. The molecule has 1 saturated heterocycles. The lowest BCUT2D eigenvalue weighted by atomic mass is 10.3. The van der Waals surface area contributed by atoms with Gasteiger partial charge in [0.1, 0.15) is 9.22 Å². The predicted molar refractivity (Wildman–Crippen MR) is 113 cm³/mol. The Kier molecular flexibility index (Phi) is 6.11. The highest BCUT2D eigenvalue weighted by molar-refractivity contribution is 7.91. The number of hydrogen-bond donors (Lipinski definition) is 2. The van der Waals surface area contributed by atoms with E-state index < -0.39 is 10.0 Å². The maximum absolute atomic E-state index is 12.6. The van der Waals surface area contributed by atoms with Crippen LogP contribution in [0.25, 0.3) is 10.2 Å². The summed E-state index contributed by atoms with van der Waals surface area (Å²) in [7, 11) is -3.50. The van der Waals surface area contributed by atoms with Gasteiger partial charge in [-0.05, 0) is 24.3 Å². The van der Waals surface area contributed by atoms with Gasteiger partial charge in [-0.1, -0.05) is 12.1 Å². The molecule has 1 aliphatic rings. The number of para-hydroxylation sites is 1. The maximum atomic E-state index is 12.6. The number of benzene rings is 1. The summed E-state index contributed by atoms with van der Waals surface area (Å²) < 4.78 is 33.3. The number of fused-ring (bicyclic) bond motifs is 1. The zero-order valence-corrected chi connectivity index (χ0v) is 17.9. The number of thiophene rings is 1. The second-order valence-electron chi connectivity index (χ2n) is 6.35. The number of rotatable bonds is 6. The van der Waals surface area contributed by atoms with E-state index in [1.54, 1.807) is 23.5 Å². The summed E-state index contributed by atoms with van der Waals surface area (Å²) in [5.41, 5.74) is 0.919. The van der Waals surface area contributed by atoms with Crippen LogP contribution in [0.5, 0.6) is 0 Å². The Morgan fingerprint density at radius 2 is 1.83 bits per heavy atom. The van der Waals surface area contributed by atoms with E-state index in [9.17, 15) is 13.2 Å². The Bertz CT molecular complexity index is 1070. The molecule has 11 heteroatoms. The van der Waals surface area contributed by atoms with E-state index in [1.165, 1.54) is 15.6 Å². The van der Waals surface area contributed by atoms with Crippen molar-refractivity contribution in [2.24, 2.45) is 0 Å². The van der Waals surface area contributed by atoms with Gasteiger partial charge in [-0.15, -0.1) is 22.7 Å². The predicted octanol–water partition coefficient (Wildman–Crippen LogP) is 2.38. The summed E-state index contributed by atoms with van der Waals surface area (Å²) in [6, 6.07) is 10.8. The molecule has 0 spiro atoms. The molecule has 4 rings (SSSR count). The Labute approximate surface area is 176 Å². The molecule has 0 radical (unpaired) electrons. The lowest BCUT2D eigenvalue weighted by molar-refractivity contribution is 0.0731. The van der Waals surface area contributed by atoms with Crippen molar-refractivity contribution in [3.8, 4) is 0 Å². The Morgan fingerprint density at radius 3 is 2.62 bits per heavy atom. The van der Waals surface area contributed by atoms with Crippen LogP contribution in [0.3, 0.4) is 0 Å². The van der Waals surface area contributed by atoms with Crippen molar-refractivity contribution < 1.29 is 17.9 Å². The quantitative estimate of drug-likeness (QED) is 0.598. The fraction of sp³-hybridized carbons (Fsp3) is 0.333. The summed E-state index contributed by atoms with van der Waals surface area (Å²) in [5, 5.41) is 6.37. The molecule has 2 amide bonds. The average Bonchev–Trinajstić information content (AvgIpc) is 3.38. The van der Waals surface area contributed by atoms with Gasteiger partial charge < -0.3 is 15.4 Å². The SMILES string of the molecule is O=C(NCc1ccc(S(=O)(=O)N2CCOCC2)s1)NCc1nc2ccccc2s1. The zero-order chi connectivity index (χ0) is 20.3. The van der Waals surface area contributed by atoms with Crippen LogP contribution in [0, 0.1) is 0 Å². The van der Waals surface area contributed by atoms with Gasteiger partial charge in [0.15, 0.2) is 0 Å². The van der Waals surface area contributed by atoms with Gasteiger partial charge in [0.2, 0.25) is 0 Å². The zero-order valence-electron chi connectivity index (χ0n) is 15.5. The van der Waals surface area contributed by atoms with Crippen LogP contribution < -0.4 is 10.6 Å². The van der Waals surface area contributed by atoms with Crippen LogP contribution in [-0.2, 0) is 27.8 Å². The molecule has 2 aromatic heterocycles. The Morgan fingerprint density at radius 1 is 1.07 bits per heavy atom. The van der Waals surface area contributed by atoms with Crippen molar-refractivity contribution in [2.75, 3.05) is 26.3 Å². The molecule has 3 heterocycles. The number of hydrogen-bond acceptors (Lipinski definition) is 7. The largest absolute Gasteiger partial charge is 0.379 e. The molecule has 29 heavy (non-hydrogen) atoms. The number of thiazole rings is 1. The van der Waals surface area contributed by atoms with Gasteiger partial charge in [-0.3, -0.25) is 0 Å². The summed E-state index contributed by atoms with van der Waals surface area (Å²) in [5.74, 6) is 0. The number of ether oxygens (including phenoxy) is 1. The number of urea groups is 1. The minimum atomic E-state index is -3.50. The van der Waals surface area contributed by atoms with E-state index in [1.807, 2.05) is 24.3 Å². The second-order valence-corrected chi connectivity index (χ2v) is 10.8. The summed E-state index contributed by atoms with van der Waals surface area (Å²) in [6.07, 6.45) is 0. The minimum Gasteiger partial charge on any atom is -0.379 e. The number of carbonyl (C=O) groups excluding carboxylic acids is 1. The molecule has 1 aromatic carbocycles. The molecule has 0 saturated carbocycles. The topological polar surface area (TPSA) is 101 Å². The first-order valence-electron chi connectivity index (χ1n) is 9.05. The lowest BCUT2D eigenvalue weighted by Gasteiger charge is -2.25. The first-order chi connectivity index (χ1) is 14.0. The third-order valence-electron chi connectivity index (χ3n) is 4.36. The van der Waals surface area contributed by atoms with E-state index in [2.05, 4.69) is 15.6 Å². The molecule has 154 valence electrons. The third-order valence-corrected chi connectivity index (χ3v) is 8.85. The number of aromatic nitrogens is 1. The van der Waals surface area contributed by atoms with Crippen LogP contribution in [0.2, 0.25) is 0 Å². The van der Waals surface area contributed by atoms with Crippen molar-refractivity contribution in [2.45, 2.75) is 17.3 Å². The number of carbonyl (C=O) groups is 1. The van der Waals surface area contributed by atoms with Crippen molar-refractivity contribution in [1.29, 1.82) is 0 Å².